The number of carbonyl (C=O) groups is 2. The van der Waals surface area contributed by atoms with E-state index < -0.39 is 5.97 Å². The molecule has 1 amide bonds. The molecule has 5 nitrogen and oxygen atoms in total. The minimum absolute atomic E-state index is 0.109. The van der Waals surface area contributed by atoms with E-state index in [0.717, 1.165) is 44.5 Å². The lowest BCUT2D eigenvalue weighted by Crippen LogP contribution is -2.32. The zero-order chi connectivity index (χ0) is 29.6. The number of para-hydroxylation sites is 1. The molecule has 1 heterocycles. The van der Waals surface area contributed by atoms with Gasteiger partial charge in [-0.15, -0.1) is 0 Å². The van der Waals surface area contributed by atoms with Crippen molar-refractivity contribution >= 4 is 22.8 Å². The maximum atomic E-state index is 13.4. The molecule has 0 aliphatic rings. The van der Waals surface area contributed by atoms with Gasteiger partial charge in [0, 0.05) is 36.0 Å². The van der Waals surface area contributed by atoms with Crippen molar-refractivity contribution in [3.63, 3.8) is 0 Å². The fraction of sp³-hybridized carbons (Fsp3) is 0.105. The van der Waals surface area contributed by atoms with E-state index in [-0.39, 0.29) is 18.9 Å². The highest BCUT2D eigenvalue weighted by molar-refractivity contribution is 5.97. The summed E-state index contributed by atoms with van der Waals surface area (Å²) in [5.74, 6) is -0.184. The number of furan rings is 1. The number of benzene rings is 5. The van der Waals surface area contributed by atoms with E-state index in [9.17, 15) is 14.7 Å². The normalized spacial score (nSPS) is 11.0. The molecule has 0 spiro atoms. The summed E-state index contributed by atoms with van der Waals surface area (Å²) in [5.41, 5.74) is 7.76. The third kappa shape index (κ3) is 6.41. The summed E-state index contributed by atoms with van der Waals surface area (Å²) in [7, 11) is 0. The van der Waals surface area contributed by atoms with Gasteiger partial charge in [0.05, 0.1) is 6.42 Å². The van der Waals surface area contributed by atoms with Gasteiger partial charge in [-0.1, -0.05) is 115 Å². The number of hydrogen-bond acceptors (Lipinski definition) is 3. The molecule has 0 aliphatic heterocycles. The quantitative estimate of drug-likeness (QED) is 0.181. The van der Waals surface area contributed by atoms with Crippen molar-refractivity contribution in [2.24, 2.45) is 0 Å². The molecule has 0 unspecified atom stereocenters. The highest BCUT2D eigenvalue weighted by Gasteiger charge is 2.19. The summed E-state index contributed by atoms with van der Waals surface area (Å²) >= 11 is 0. The summed E-state index contributed by atoms with van der Waals surface area (Å²) in [4.78, 5) is 26.2. The number of nitrogens with zero attached hydrogens (tertiary/aromatic N) is 1. The van der Waals surface area contributed by atoms with Gasteiger partial charge in [0.15, 0.2) is 0 Å². The lowest BCUT2D eigenvalue weighted by molar-refractivity contribution is -0.137. The van der Waals surface area contributed by atoms with Crippen LogP contribution in [-0.2, 0) is 17.8 Å². The Hall–Kier alpha value is -5.42. The summed E-state index contributed by atoms with van der Waals surface area (Å²) in [6.07, 6.45) is 0.595. The molecule has 0 bridgehead atoms. The lowest BCUT2D eigenvalue weighted by atomic mass is 9.96. The predicted molar refractivity (Wildman–Crippen MR) is 170 cm³/mol. The first kappa shape index (κ1) is 27.7. The molecule has 6 rings (SSSR count). The summed E-state index contributed by atoms with van der Waals surface area (Å²) < 4.78 is 6.33. The molecular formula is C38H31NO4. The van der Waals surface area contributed by atoms with Gasteiger partial charge >= 0.3 is 5.97 Å². The van der Waals surface area contributed by atoms with Gasteiger partial charge in [0.25, 0.3) is 5.91 Å². The molecule has 6 aromatic rings. The molecule has 1 aromatic heterocycles. The van der Waals surface area contributed by atoms with Gasteiger partial charge in [-0.05, 0) is 46.0 Å². The van der Waals surface area contributed by atoms with Crippen LogP contribution in [0.15, 0.2) is 138 Å². The van der Waals surface area contributed by atoms with Gasteiger partial charge in [-0.2, -0.15) is 0 Å². The van der Waals surface area contributed by atoms with Crippen molar-refractivity contribution in [1.82, 2.24) is 4.90 Å². The first-order valence-corrected chi connectivity index (χ1v) is 14.4. The fourth-order valence-electron chi connectivity index (χ4n) is 5.42. The molecule has 43 heavy (non-hydrogen) atoms. The Kier molecular flexibility index (Phi) is 8.14. The standard InChI is InChI=1S/C38H31NO4/c40-36(41)23-24-39(26-28-11-5-2-6-12-28)38(42)32-21-17-30(18-22-32)29-15-19-31(20-16-29)37-33-13-7-8-14-34(33)43-35(37)25-27-9-3-1-4-10-27/h1-22H,23-26H2,(H,40,41). The molecule has 5 heteroatoms. The Balaban J connectivity index is 1.24. The second-order valence-corrected chi connectivity index (χ2v) is 10.6. The van der Waals surface area contributed by atoms with Crippen molar-refractivity contribution in [2.45, 2.75) is 19.4 Å². The average Bonchev–Trinajstić information content (AvgIpc) is 3.41. The van der Waals surface area contributed by atoms with Crippen LogP contribution in [0.3, 0.4) is 0 Å². The minimum atomic E-state index is -0.930. The molecule has 5 aromatic carbocycles. The Morgan fingerprint density at radius 2 is 1.19 bits per heavy atom. The maximum Gasteiger partial charge on any atom is 0.305 e. The number of carboxylic acids is 1. The van der Waals surface area contributed by atoms with E-state index in [1.807, 2.05) is 91.0 Å². The fourth-order valence-corrected chi connectivity index (χ4v) is 5.42. The van der Waals surface area contributed by atoms with Crippen LogP contribution in [0.4, 0.5) is 0 Å². The van der Waals surface area contributed by atoms with Crippen molar-refractivity contribution in [2.75, 3.05) is 6.54 Å². The second-order valence-electron chi connectivity index (χ2n) is 10.6. The topological polar surface area (TPSA) is 70.8 Å². The number of carboxylic acid groups (broad SMARTS) is 1. The molecule has 212 valence electrons. The highest BCUT2D eigenvalue weighted by Crippen LogP contribution is 2.37. The van der Waals surface area contributed by atoms with E-state index in [0.29, 0.717) is 18.5 Å². The smallest absolute Gasteiger partial charge is 0.305 e. The summed E-state index contributed by atoms with van der Waals surface area (Å²) in [6, 6.07) is 44.0. The Bertz CT molecular complexity index is 1840. The van der Waals surface area contributed by atoms with Gasteiger partial charge in [-0.3, -0.25) is 9.59 Å². The lowest BCUT2D eigenvalue weighted by Gasteiger charge is -2.22. The molecule has 0 fully saturated rings. The van der Waals surface area contributed by atoms with E-state index in [2.05, 4.69) is 42.5 Å². The zero-order valence-corrected chi connectivity index (χ0v) is 23.6. The number of fused-ring (bicyclic) bond motifs is 1. The number of amides is 1. The monoisotopic (exact) mass is 565 g/mol. The van der Waals surface area contributed by atoms with Crippen molar-refractivity contribution in [1.29, 1.82) is 0 Å². The van der Waals surface area contributed by atoms with Gasteiger partial charge < -0.3 is 14.4 Å². The van der Waals surface area contributed by atoms with E-state index in [1.54, 1.807) is 4.90 Å². The molecule has 1 N–H and O–H groups in total. The summed E-state index contributed by atoms with van der Waals surface area (Å²) in [6.45, 7) is 0.492. The third-order valence-corrected chi connectivity index (χ3v) is 7.61. The highest BCUT2D eigenvalue weighted by atomic mass is 16.4. The molecule has 0 atom stereocenters. The first-order chi connectivity index (χ1) is 21.0. The van der Waals surface area contributed by atoms with E-state index >= 15 is 0 Å². The Morgan fingerprint density at radius 3 is 1.84 bits per heavy atom. The van der Waals surface area contributed by atoms with Gasteiger partial charge in [-0.25, -0.2) is 0 Å². The zero-order valence-electron chi connectivity index (χ0n) is 23.6. The minimum Gasteiger partial charge on any atom is -0.481 e. The molecule has 0 saturated carbocycles. The molecule has 0 aliphatic carbocycles. The van der Waals surface area contributed by atoms with Crippen molar-refractivity contribution in [3.8, 4) is 22.3 Å². The number of hydrogen-bond donors (Lipinski definition) is 1. The van der Waals surface area contributed by atoms with Crippen LogP contribution < -0.4 is 0 Å². The number of aliphatic carboxylic acids is 1. The van der Waals surface area contributed by atoms with Crippen LogP contribution >= 0.6 is 0 Å². The Labute approximate surface area is 250 Å². The van der Waals surface area contributed by atoms with Gasteiger partial charge in [0.2, 0.25) is 0 Å². The average molecular weight is 566 g/mol. The van der Waals surface area contributed by atoms with Crippen LogP contribution in [0.25, 0.3) is 33.2 Å². The van der Waals surface area contributed by atoms with Crippen LogP contribution in [0.2, 0.25) is 0 Å². The SMILES string of the molecule is O=C(O)CCN(Cc1ccccc1)C(=O)c1ccc(-c2ccc(-c3c(Cc4ccccc4)oc4ccccc34)cc2)cc1. The van der Waals surface area contributed by atoms with Crippen LogP contribution in [-0.4, -0.2) is 28.4 Å². The van der Waals surface area contributed by atoms with Crippen LogP contribution in [0, 0.1) is 0 Å². The first-order valence-electron chi connectivity index (χ1n) is 14.4. The summed E-state index contributed by atoms with van der Waals surface area (Å²) in [5, 5.41) is 10.3. The largest absolute Gasteiger partial charge is 0.481 e. The van der Waals surface area contributed by atoms with Crippen molar-refractivity contribution < 1.29 is 19.1 Å². The Morgan fingerprint density at radius 1 is 0.628 bits per heavy atom. The van der Waals surface area contributed by atoms with E-state index in [4.69, 9.17) is 4.42 Å². The van der Waals surface area contributed by atoms with Crippen molar-refractivity contribution in [3.05, 3.63) is 156 Å². The number of rotatable bonds is 10. The van der Waals surface area contributed by atoms with Gasteiger partial charge in [0.1, 0.15) is 11.3 Å². The van der Waals surface area contributed by atoms with Crippen LogP contribution in [0.1, 0.15) is 33.7 Å². The molecular weight excluding hydrogens is 534 g/mol. The molecule has 0 radical (unpaired) electrons. The van der Waals surface area contributed by atoms with E-state index in [1.165, 1.54) is 5.56 Å². The molecule has 0 saturated heterocycles. The maximum absolute atomic E-state index is 13.4. The number of carbonyl (C=O) groups excluding carboxylic acids is 1. The third-order valence-electron chi connectivity index (χ3n) is 7.61. The predicted octanol–water partition coefficient (Wildman–Crippen LogP) is 8.47. The second kappa shape index (κ2) is 12.6. The van der Waals surface area contributed by atoms with Crippen LogP contribution in [0.5, 0.6) is 0 Å².